The van der Waals surface area contributed by atoms with Crippen molar-refractivity contribution < 1.29 is 8.95 Å². The molecule has 0 spiro atoms. The summed E-state index contributed by atoms with van der Waals surface area (Å²) in [5, 5.41) is 8.73. The Balaban J connectivity index is 1.67. The Bertz CT molecular complexity index is 934. The van der Waals surface area contributed by atoms with E-state index in [0.717, 1.165) is 40.8 Å². The number of anilines is 1. The predicted octanol–water partition coefficient (Wildman–Crippen LogP) is 3.65. The van der Waals surface area contributed by atoms with Crippen molar-refractivity contribution >= 4 is 27.7 Å². The number of hydrogen-bond donors (Lipinski definition) is 2. The van der Waals surface area contributed by atoms with Crippen LogP contribution in [0.15, 0.2) is 36.5 Å². The van der Waals surface area contributed by atoms with Crippen molar-refractivity contribution in [3.8, 4) is 17.0 Å². The zero-order chi connectivity index (χ0) is 17.4. The van der Waals surface area contributed by atoms with Crippen molar-refractivity contribution in [1.29, 1.82) is 0 Å². The lowest BCUT2D eigenvalue weighted by atomic mass is 10.1. The molecule has 7 heteroatoms. The number of fused-ring (bicyclic) bond motifs is 1. The Kier molecular flexibility index (Phi) is 4.17. The molecule has 25 heavy (non-hydrogen) atoms. The highest BCUT2D eigenvalue weighted by atomic mass is 32.2. The molecule has 0 amide bonds. The van der Waals surface area contributed by atoms with E-state index in [2.05, 4.69) is 19.9 Å². The van der Waals surface area contributed by atoms with Gasteiger partial charge in [-0.05, 0) is 57.0 Å². The van der Waals surface area contributed by atoms with E-state index in [-0.39, 0.29) is 11.4 Å². The number of hydrogen-bond acceptors (Lipinski definition) is 4. The Hall–Kier alpha value is -2.41. The number of aromatic nitrogens is 3. The molecule has 3 aromatic rings. The largest absolute Gasteiger partial charge is 0.491 e. The number of pyridine rings is 1. The SMILES string of the molecule is CC(C)Oc1ccc2[nH]nc(-c3ccnc(NS(=O)C4CC4)c3)c2c1. The Morgan fingerprint density at radius 2 is 2.12 bits per heavy atom. The molecule has 1 atom stereocenters. The molecule has 0 aliphatic heterocycles. The van der Waals surface area contributed by atoms with Gasteiger partial charge in [0.2, 0.25) is 0 Å². The van der Waals surface area contributed by atoms with Crippen molar-refractivity contribution in [3.63, 3.8) is 0 Å². The molecule has 1 saturated carbocycles. The number of aromatic amines is 1. The summed E-state index contributed by atoms with van der Waals surface area (Å²) >= 11 is 0. The maximum atomic E-state index is 12.1. The van der Waals surface area contributed by atoms with Gasteiger partial charge in [0.1, 0.15) is 28.2 Å². The molecular formula is C18H20N4O2S. The van der Waals surface area contributed by atoms with Gasteiger partial charge in [0.05, 0.1) is 16.9 Å². The molecule has 2 heterocycles. The monoisotopic (exact) mass is 356 g/mol. The van der Waals surface area contributed by atoms with Gasteiger partial charge < -0.3 is 4.74 Å². The molecule has 0 bridgehead atoms. The fourth-order valence-electron chi connectivity index (χ4n) is 2.66. The summed E-state index contributed by atoms with van der Waals surface area (Å²) < 4.78 is 20.8. The maximum absolute atomic E-state index is 12.1. The second kappa shape index (κ2) is 6.48. The van der Waals surface area contributed by atoms with Crippen LogP contribution >= 0.6 is 0 Å². The van der Waals surface area contributed by atoms with Gasteiger partial charge in [0.15, 0.2) is 0 Å². The van der Waals surface area contributed by atoms with Gasteiger partial charge >= 0.3 is 0 Å². The molecule has 2 aromatic heterocycles. The molecule has 130 valence electrons. The first-order valence-electron chi connectivity index (χ1n) is 8.38. The third-order valence-electron chi connectivity index (χ3n) is 3.97. The van der Waals surface area contributed by atoms with Crippen LogP contribution in [0.1, 0.15) is 26.7 Å². The quantitative estimate of drug-likeness (QED) is 0.706. The van der Waals surface area contributed by atoms with E-state index in [1.807, 2.05) is 44.2 Å². The van der Waals surface area contributed by atoms with E-state index in [9.17, 15) is 4.21 Å². The minimum absolute atomic E-state index is 0.113. The van der Waals surface area contributed by atoms with Crippen molar-refractivity contribution in [2.24, 2.45) is 0 Å². The third-order valence-corrected chi connectivity index (χ3v) is 5.46. The fraction of sp³-hybridized carbons (Fsp3) is 0.333. The molecule has 0 radical (unpaired) electrons. The first-order chi connectivity index (χ1) is 12.1. The summed E-state index contributed by atoms with van der Waals surface area (Å²) in [7, 11) is -1.06. The maximum Gasteiger partial charge on any atom is 0.138 e. The fourth-order valence-corrected chi connectivity index (χ4v) is 3.71. The van der Waals surface area contributed by atoms with Crippen LogP contribution in [0.3, 0.4) is 0 Å². The van der Waals surface area contributed by atoms with E-state index in [0.29, 0.717) is 5.82 Å². The first kappa shape index (κ1) is 16.1. The molecule has 1 aliphatic carbocycles. The lowest BCUT2D eigenvalue weighted by molar-refractivity contribution is 0.243. The molecule has 0 saturated heterocycles. The van der Waals surface area contributed by atoms with Crippen LogP contribution in [-0.2, 0) is 11.0 Å². The number of nitrogens with zero attached hydrogens (tertiary/aromatic N) is 2. The average molecular weight is 356 g/mol. The number of ether oxygens (including phenoxy) is 1. The van der Waals surface area contributed by atoms with Crippen LogP contribution in [-0.4, -0.2) is 30.7 Å². The summed E-state index contributed by atoms with van der Waals surface area (Å²) in [4.78, 5) is 4.27. The van der Waals surface area contributed by atoms with E-state index in [1.54, 1.807) is 6.20 Å². The topological polar surface area (TPSA) is 79.9 Å². The lowest BCUT2D eigenvalue weighted by Crippen LogP contribution is -2.09. The first-order valence-corrected chi connectivity index (χ1v) is 9.60. The predicted molar refractivity (Wildman–Crippen MR) is 99.9 cm³/mol. The van der Waals surface area contributed by atoms with E-state index in [1.165, 1.54) is 0 Å². The van der Waals surface area contributed by atoms with Crippen LogP contribution in [0.2, 0.25) is 0 Å². The molecule has 1 unspecified atom stereocenters. The van der Waals surface area contributed by atoms with Crippen molar-refractivity contribution in [2.75, 3.05) is 4.72 Å². The van der Waals surface area contributed by atoms with E-state index < -0.39 is 11.0 Å². The van der Waals surface area contributed by atoms with Gasteiger partial charge in [-0.15, -0.1) is 0 Å². The second-order valence-corrected chi connectivity index (χ2v) is 7.94. The van der Waals surface area contributed by atoms with E-state index in [4.69, 9.17) is 4.74 Å². The minimum atomic E-state index is -1.06. The van der Waals surface area contributed by atoms with Gasteiger partial charge in [-0.3, -0.25) is 9.82 Å². The highest BCUT2D eigenvalue weighted by molar-refractivity contribution is 7.87. The smallest absolute Gasteiger partial charge is 0.138 e. The number of H-pyrrole nitrogens is 1. The van der Waals surface area contributed by atoms with E-state index >= 15 is 0 Å². The summed E-state index contributed by atoms with van der Waals surface area (Å²) in [5.74, 6) is 1.42. The van der Waals surface area contributed by atoms with Crippen molar-refractivity contribution in [1.82, 2.24) is 15.2 Å². The molecule has 2 N–H and O–H groups in total. The van der Waals surface area contributed by atoms with Gasteiger partial charge in [0.25, 0.3) is 0 Å². The molecular weight excluding hydrogens is 336 g/mol. The summed E-state index contributed by atoms with van der Waals surface area (Å²) in [5.41, 5.74) is 2.68. The summed E-state index contributed by atoms with van der Waals surface area (Å²) in [6.45, 7) is 4.00. The Morgan fingerprint density at radius 1 is 1.28 bits per heavy atom. The zero-order valence-electron chi connectivity index (χ0n) is 14.2. The highest BCUT2D eigenvalue weighted by Crippen LogP contribution is 2.31. The normalized spacial score (nSPS) is 15.5. The standard InChI is InChI=1S/C18H20N4O2S/c1-11(2)24-13-3-6-16-15(10-13)18(21-20-16)12-7-8-19-17(9-12)22-25(23)14-4-5-14/h3,6-11,14H,4-5H2,1-2H3,(H,19,22)(H,20,21). The van der Waals surface area contributed by atoms with Crippen LogP contribution in [0.5, 0.6) is 5.75 Å². The number of benzene rings is 1. The van der Waals surface area contributed by atoms with Crippen LogP contribution in [0.25, 0.3) is 22.2 Å². The summed E-state index contributed by atoms with van der Waals surface area (Å²) in [6.07, 6.45) is 3.85. The molecule has 1 aromatic carbocycles. The van der Waals surface area contributed by atoms with Crippen LogP contribution < -0.4 is 9.46 Å². The second-order valence-electron chi connectivity index (χ2n) is 6.47. The third kappa shape index (κ3) is 3.51. The van der Waals surface area contributed by atoms with Gasteiger partial charge in [0, 0.05) is 17.1 Å². The van der Waals surface area contributed by atoms with Gasteiger partial charge in [-0.2, -0.15) is 5.10 Å². The number of rotatable bonds is 6. The molecule has 6 nitrogen and oxygen atoms in total. The zero-order valence-corrected chi connectivity index (χ0v) is 15.0. The van der Waals surface area contributed by atoms with Crippen molar-refractivity contribution in [2.45, 2.75) is 38.0 Å². The summed E-state index contributed by atoms with van der Waals surface area (Å²) in [6, 6.07) is 9.67. The van der Waals surface area contributed by atoms with Gasteiger partial charge in [-0.25, -0.2) is 9.19 Å². The Morgan fingerprint density at radius 3 is 2.88 bits per heavy atom. The minimum Gasteiger partial charge on any atom is -0.491 e. The number of nitrogens with one attached hydrogen (secondary N) is 2. The highest BCUT2D eigenvalue weighted by Gasteiger charge is 2.28. The van der Waals surface area contributed by atoms with Crippen LogP contribution in [0.4, 0.5) is 5.82 Å². The molecule has 4 rings (SSSR count). The lowest BCUT2D eigenvalue weighted by Gasteiger charge is -2.09. The Labute approximate surface area is 148 Å². The van der Waals surface area contributed by atoms with Crippen molar-refractivity contribution in [3.05, 3.63) is 36.5 Å². The van der Waals surface area contributed by atoms with Crippen LogP contribution in [0, 0.1) is 0 Å². The molecule has 1 aliphatic rings. The molecule has 1 fully saturated rings. The average Bonchev–Trinajstić information content (AvgIpc) is 3.35. The van der Waals surface area contributed by atoms with Gasteiger partial charge in [-0.1, -0.05) is 0 Å².